The quantitative estimate of drug-likeness (QED) is 0.407. The number of halogens is 1. The molecule has 8 nitrogen and oxygen atoms in total. The second kappa shape index (κ2) is 9.51. The lowest BCUT2D eigenvalue weighted by Crippen LogP contribution is -2.17. The molecule has 1 aliphatic rings. The van der Waals surface area contributed by atoms with E-state index in [1.54, 1.807) is 42.7 Å². The van der Waals surface area contributed by atoms with E-state index in [4.69, 9.17) is 21.1 Å². The Kier molecular flexibility index (Phi) is 6.14. The van der Waals surface area contributed by atoms with Gasteiger partial charge in [0.2, 0.25) is 5.91 Å². The zero-order valence-corrected chi connectivity index (χ0v) is 18.8. The first kappa shape index (κ1) is 21.3. The molecule has 166 valence electrons. The summed E-state index contributed by atoms with van der Waals surface area (Å²) in [7, 11) is 0. The van der Waals surface area contributed by atoms with Crippen molar-refractivity contribution in [2.45, 2.75) is 5.16 Å². The molecule has 0 unspecified atom stereocenters. The number of benzene rings is 2. The number of anilines is 1. The van der Waals surface area contributed by atoms with E-state index in [2.05, 4.69) is 20.5 Å². The fourth-order valence-corrected chi connectivity index (χ4v) is 4.19. The largest absolute Gasteiger partial charge is 0.486 e. The van der Waals surface area contributed by atoms with Gasteiger partial charge in [-0.15, -0.1) is 10.2 Å². The van der Waals surface area contributed by atoms with Crippen molar-refractivity contribution in [1.82, 2.24) is 19.7 Å². The lowest BCUT2D eigenvalue weighted by Gasteiger charge is -2.19. The number of carbonyl (C=O) groups excluding carboxylic acids is 1. The molecular formula is C23H18ClN5O3S. The molecule has 33 heavy (non-hydrogen) atoms. The number of rotatable bonds is 6. The molecule has 1 amide bonds. The number of hydrogen-bond acceptors (Lipinski definition) is 7. The smallest absolute Gasteiger partial charge is 0.234 e. The molecule has 3 heterocycles. The number of nitrogens with one attached hydrogen (secondary N) is 1. The molecule has 2 aromatic heterocycles. The van der Waals surface area contributed by atoms with Crippen molar-refractivity contribution < 1.29 is 14.3 Å². The predicted molar refractivity (Wildman–Crippen MR) is 126 cm³/mol. The highest BCUT2D eigenvalue weighted by atomic mass is 35.5. The van der Waals surface area contributed by atoms with Crippen LogP contribution in [0.25, 0.3) is 17.1 Å². The number of aromatic nitrogens is 4. The number of thioether (sulfide) groups is 1. The highest BCUT2D eigenvalue weighted by Crippen LogP contribution is 2.33. The standard InChI is InChI=1S/C23H18ClN5O3S/c24-16-3-6-18(7-4-16)29-22(15-2-1-9-25-13-15)27-28-23(29)33-14-21(30)26-17-5-8-19-20(12-17)32-11-10-31-19/h1-9,12-13H,10-11,14H2,(H,26,30). The van der Waals surface area contributed by atoms with Crippen molar-refractivity contribution in [3.05, 3.63) is 72.0 Å². The number of ether oxygens (including phenoxy) is 2. The van der Waals surface area contributed by atoms with Gasteiger partial charge in [0.25, 0.3) is 0 Å². The van der Waals surface area contributed by atoms with Crippen LogP contribution in [0.5, 0.6) is 11.5 Å². The fourth-order valence-electron chi connectivity index (χ4n) is 3.32. The van der Waals surface area contributed by atoms with Gasteiger partial charge in [-0.1, -0.05) is 23.4 Å². The Morgan fingerprint density at radius 2 is 1.88 bits per heavy atom. The van der Waals surface area contributed by atoms with Crippen molar-refractivity contribution in [2.24, 2.45) is 0 Å². The lowest BCUT2D eigenvalue weighted by molar-refractivity contribution is -0.113. The van der Waals surface area contributed by atoms with Crippen LogP contribution in [0.2, 0.25) is 5.02 Å². The molecule has 0 fully saturated rings. The van der Waals surface area contributed by atoms with Crippen LogP contribution < -0.4 is 14.8 Å². The second-order valence-electron chi connectivity index (χ2n) is 7.05. The van der Waals surface area contributed by atoms with E-state index in [-0.39, 0.29) is 11.7 Å². The van der Waals surface area contributed by atoms with Crippen molar-refractivity contribution in [3.63, 3.8) is 0 Å². The lowest BCUT2D eigenvalue weighted by atomic mass is 10.2. The molecule has 1 aliphatic heterocycles. The maximum atomic E-state index is 12.6. The van der Waals surface area contributed by atoms with Gasteiger partial charge >= 0.3 is 0 Å². The number of fused-ring (bicyclic) bond motifs is 1. The van der Waals surface area contributed by atoms with E-state index in [0.29, 0.717) is 46.4 Å². The minimum atomic E-state index is -0.176. The highest BCUT2D eigenvalue weighted by molar-refractivity contribution is 7.99. The van der Waals surface area contributed by atoms with Gasteiger partial charge in [0.1, 0.15) is 13.2 Å². The topological polar surface area (TPSA) is 91.2 Å². The minimum absolute atomic E-state index is 0.146. The molecule has 5 rings (SSSR count). The molecular weight excluding hydrogens is 462 g/mol. The molecule has 2 aromatic carbocycles. The number of hydrogen-bond donors (Lipinski definition) is 1. The van der Waals surface area contributed by atoms with Crippen molar-refractivity contribution in [3.8, 4) is 28.6 Å². The molecule has 1 N–H and O–H groups in total. The van der Waals surface area contributed by atoms with Gasteiger partial charge < -0.3 is 14.8 Å². The average molecular weight is 480 g/mol. The average Bonchev–Trinajstić information content (AvgIpc) is 3.28. The number of pyridine rings is 1. The summed E-state index contributed by atoms with van der Waals surface area (Å²) >= 11 is 7.35. The first-order valence-corrected chi connectivity index (χ1v) is 11.5. The first-order valence-electron chi connectivity index (χ1n) is 10.1. The molecule has 0 aliphatic carbocycles. The van der Waals surface area contributed by atoms with E-state index in [1.165, 1.54) is 11.8 Å². The van der Waals surface area contributed by atoms with Crippen LogP contribution in [0.1, 0.15) is 0 Å². The highest BCUT2D eigenvalue weighted by Gasteiger charge is 2.18. The van der Waals surface area contributed by atoms with Gasteiger partial charge in [0.05, 0.1) is 5.75 Å². The third-order valence-electron chi connectivity index (χ3n) is 4.80. The van der Waals surface area contributed by atoms with Crippen LogP contribution in [0.3, 0.4) is 0 Å². The SMILES string of the molecule is O=C(CSc1nnc(-c2cccnc2)n1-c1ccc(Cl)cc1)Nc1ccc2c(c1)OCCO2. The molecule has 0 spiro atoms. The Balaban J connectivity index is 1.35. The molecule has 0 saturated heterocycles. The Morgan fingerprint density at radius 3 is 2.67 bits per heavy atom. The monoisotopic (exact) mass is 479 g/mol. The maximum Gasteiger partial charge on any atom is 0.234 e. The predicted octanol–water partition coefficient (Wildman–Crippen LogP) is 4.48. The van der Waals surface area contributed by atoms with Crippen molar-refractivity contribution in [1.29, 1.82) is 0 Å². The van der Waals surface area contributed by atoms with E-state index < -0.39 is 0 Å². The molecule has 0 atom stereocenters. The van der Waals surface area contributed by atoms with Gasteiger partial charge in [0, 0.05) is 40.4 Å². The Bertz CT molecular complexity index is 1280. The van der Waals surface area contributed by atoms with Gasteiger partial charge in [0.15, 0.2) is 22.5 Å². The Morgan fingerprint density at radius 1 is 1.06 bits per heavy atom. The molecule has 0 saturated carbocycles. The summed E-state index contributed by atoms with van der Waals surface area (Å²) in [4.78, 5) is 16.8. The normalized spacial score (nSPS) is 12.4. The van der Waals surface area contributed by atoms with Gasteiger partial charge in [-0.05, 0) is 48.5 Å². The third kappa shape index (κ3) is 4.79. The summed E-state index contributed by atoms with van der Waals surface area (Å²) in [6.07, 6.45) is 3.42. The van der Waals surface area contributed by atoms with E-state index in [1.807, 2.05) is 28.8 Å². The van der Waals surface area contributed by atoms with E-state index in [0.717, 1.165) is 11.3 Å². The van der Waals surface area contributed by atoms with Crippen molar-refractivity contribution in [2.75, 3.05) is 24.3 Å². The zero-order chi connectivity index (χ0) is 22.6. The summed E-state index contributed by atoms with van der Waals surface area (Å²) in [6, 6.07) is 16.4. The number of amides is 1. The van der Waals surface area contributed by atoms with Gasteiger partial charge in [-0.25, -0.2) is 0 Å². The number of carbonyl (C=O) groups is 1. The molecule has 10 heteroatoms. The summed E-state index contributed by atoms with van der Waals surface area (Å²) in [5.41, 5.74) is 2.28. The Hall–Kier alpha value is -3.56. The summed E-state index contributed by atoms with van der Waals surface area (Å²) in [6.45, 7) is 1.00. The molecule has 0 bridgehead atoms. The van der Waals surface area contributed by atoms with Crippen LogP contribution in [-0.2, 0) is 4.79 Å². The molecule has 4 aromatic rings. The van der Waals surface area contributed by atoms with E-state index in [9.17, 15) is 4.79 Å². The van der Waals surface area contributed by atoms with Crippen LogP contribution >= 0.6 is 23.4 Å². The van der Waals surface area contributed by atoms with Crippen molar-refractivity contribution >= 4 is 35.0 Å². The second-order valence-corrected chi connectivity index (χ2v) is 8.43. The maximum absolute atomic E-state index is 12.6. The van der Waals surface area contributed by atoms with Crippen LogP contribution in [-0.4, -0.2) is 44.6 Å². The third-order valence-corrected chi connectivity index (χ3v) is 5.98. The van der Waals surface area contributed by atoms with Crippen LogP contribution in [0.4, 0.5) is 5.69 Å². The first-order chi connectivity index (χ1) is 16.2. The number of nitrogens with zero attached hydrogens (tertiary/aromatic N) is 4. The summed E-state index contributed by atoms with van der Waals surface area (Å²) < 4.78 is 13.0. The Labute approximate surface area is 198 Å². The summed E-state index contributed by atoms with van der Waals surface area (Å²) in [5.74, 6) is 1.89. The van der Waals surface area contributed by atoms with E-state index >= 15 is 0 Å². The summed E-state index contributed by atoms with van der Waals surface area (Å²) in [5, 5.41) is 12.8. The van der Waals surface area contributed by atoms with Crippen LogP contribution in [0.15, 0.2) is 72.1 Å². The van der Waals surface area contributed by atoms with Gasteiger partial charge in [-0.2, -0.15) is 0 Å². The fraction of sp³-hybridized carbons (Fsp3) is 0.130. The minimum Gasteiger partial charge on any atom is -0.486 e. The molecule has 0 radical (unpaired) electrons. The van der Waals surface area contributed by atoms with Gasteiger partial charge in [-0.3, -0.25) is 14.3 Å². The zero-order valence-electron chi connectivity index (χ0n) is 17.3. The van der Waals surface area contributed by atoms with Crippen LogP contribution in [0, 0.1) is 0 Å².